The second-order valence-corrected chi connectivity index (χ2v) is 2.90. The Hall–Kier alpha value is -1.71. The predicted octanol–water partition coefficient (Wildman–Crippen LogP) is 1.46. The van der Waals surface area contributed by atoms with Crippen LogP contribution in [-0.2, 0) is 4.74 Å². The van der Waals surface area contributed by atoms with Crippen molar-refractivity contribution in [3.63, 3.8) is 0 Å². The maximum atomic E-state index is 11.4. The van der Waals surface area contributed by atoms with E-state index in [9.17, 15) is 9.90 Å². The van der Waals surface area contributed by atoms with Gasteiger partial charge in [0.25, 0.3) is 0 Å². The topological polar surface area (TPSA) is 72.5 Å². The largest absolute Gasteiger partial charge is 0.505 e. The second kappa shape index (κ2) is 4.00. The lowest BCUT2D eigenvalue weighted by molar-refractivity contribution is 0.0525. The lowest BCUT2D eigenvalue weighted by Gasteiger charge is -2.08. The number of phenols is 1. The van der Waals surface area contributed by atoms with E-state index in [2.05, 4.69) is 0 Å². The van der Waals surface area contributed by atoms with Crippen LogP contribution in [0.25, 0.3) is 0 Å². The molecule has 1 aromatic rings. The summed E-state index contributed by atoms with van der Waals surface area (Å²) in [4.78, 5) is 11.4. The standard InChI is InChI=1S/C10H13NO3/c1-3-14-10(13)7-4-5-8(11)9(12)6(7)2/h4-5,12H,3,11H2,1-2H3. The molecule has 0 aliphatic carbocycles. The number of esters is 1. The number of carbonyl (C=O) groups excluding carboxylic acids is 1. The van der Waals surface area contributed by atoms with Gasteiger partial charge in [-0.05, 0) is 26.0 Å². The van der Waals surface area contributed by atoms with Crippen LogP contribution in [0.2, 0.25) is 0 Å². The summed E-state index contributed by atoms with van der Waals surface area (Å²) in [6.07, 6.45) is 0. The van der Waals surface area contributed by atoms with Gasteiger partial charge in [-0.3, -0.25) is 0 Å². The zero-order chi connectivity index (χ0) is 10.7. The molecule has 0 saturated heterocycles. The van der Waals surface area contributed by atoms with Crippen LogP contribution < -0.4 is 5.73 Å². The van der Waals surface area contributed by atoms with Gasteiger partial charge in [-0.2, -0.15) is 0 Å². The molecule has 0 saturated carbocycles. The average molecular weight is 195 g/mol. The molecule has 4 nitrogen and oxygen atoms in total. The Bertz CT molecular complexity index is 361. The summed E-state index contributed by atoms with van der Waals surface area (Å²) in [5.74, 6) is -0.504. The molecule has 76 valence electrons. The number of aromatic hydroxyl groups is 1. The summed E-state index contributed by atoms with van der Waals surface area (Å²) >= 11 is 0. The number of nitrogen functional groups attached to an aromatic ring is 1. The SMILES string of the molecule is CCOC(=O)c1ccc(N)c(O)c1C. The van der Waals surface area contributed by atoms with E-state index < -0.39 is 5.97 Å². The molecule has 0 bridgehead atoms. The third-order valence-corrected chi connectivity index (χ3v) is 1.96. The van der Waals surface area contributed by atoms with Crippen molar-refractivity contribution in [1.82, 2.24) is 0 Å². The van der Waals surface area contributed by atoms with Crippen LogP contribution in [0.1, 0.15) is 22.8 Å². The predicted molar refractivity (Wildman–Crippen MR) is 53.2 cm³/mol. The number of anilines is 1. The van der Waals surface area contributed by atoms with Gasteiger partial charge in [-0.25, -0.2) is 4.79 Å². The van der Waals surface area contributed by atoms with Crippen LogP contribution in [0, 0.1) is 6.92 Å². The molecule has 14 heavy (non-hydrogen) atoms. The van der Waals surface area contributed by atoms with Gasteiger partial charge < -0.3 is 15.6 Å². The summed E-state index contributed by atoms with van der Waals surface area (Å²) in [7, 11) is 0. The number of nitrogens with two attached hydrogens (primary N) is 1. The Labute approximate surface area is 82.3 Å². The third kappa shape index (κ3) is 1.79. The number of phenolic OH excluding ortho intramolecular Hbond substituents is 1. The Kier molecular flexibility index (Phi) is 2.96. The molecule has 0 unspecified atom stereocenters. The highest BCUT2D eigenvalue weighted by Crippen LogP contribution is 2.27. The molecule has 0 aliphatic heterocycles. The number of hydrogen-bond donors (Lipinski definition) is 2. The van der Waals surface area contributed by atoms with E-state index in [1.807, 2.05) is 0 Å². The van der Waals surface area contributed by atoms with E-state index in [-0.39, 0.29) is 11.4 Å². The van der Waals surface area contributed by atoms with Gasteiger partial charge in [0, 0.05) is 5.56 Å². The van der Waals surface area contributed by atoms with Crippen LogP contribution >= 0.6 is 0 Å². The van der Waals surface area contributed by atoms with E-state index in [1.165, 1.54) is 6.07 Å². The van der Waals surface area contributed by atoms with Gasteiger partial charge in [0.2, 0.25) is 0 Å². The average Bonchev–Trinajstić information content (AvgIpc) is 2.15. The Morgan fingerprint density at radius 3 is 2.79 bits per heavy atom. The number of ether oxygens (including phenoxy) is 1. The summed E-state index contributed by atoms with van der Waals surface area (Å²) in [5, 5.41) is 9.47. The Balaban J connectivity index is 3.11. The number of rotatable bonds is 2. The zero-order valence-corrected chi connectivity index (χ0v) is 8.20. The number of hydrogen-bond acceptors (Lipinski definition) is 4. The second-order valence-electron chi connectivity index (χ2n) is 2.90. The van der Waals surface area contributed by atoms with E-state index in [0.717, 1.165) is 0 Å². The summed E-state index contributed by atoms with van der Waals surface area (Å²) in [6.45, 7) is 3.66. The Morgan fingerprint density at radius 2 is 2.21 bits per heavy atom. The van der Waals surface area contributed by atoms with E-state index in [0.29, 0.717) is 17.7 Å². The van der Waals surface area contributed by atoms with Crippen molar-refractivity contribution in [3.8, 4) is 5.75 Å². The molecule has 0 atom stereocenters. The van der Waals surface area contributed by atoms with Crippen LogP contribution in [0.15, 0.2) is 12.1 Å². The molecule has 0 radical (unpaired) electrons. The van der Waals surface area contributed by atoms with Crippen molar-refractivity contribution in [2.75, 3.05) is 12.3 Å². The van der Waals surface area contributed by atoms with Crippen molar-refractivity contribution in [2.24, 2.45) is 0 Å². The van der Waals surface area contributed by atoms with Crippen molar-refractivity contribution in [3.05, 3.63) is 23.3 Å². The molecule has 4 heteroatoms. The molecule has 0 aliphatic rings. The van der Waals surface area contributed by atoms with Crippen molar-refractivity contribution in [1.29, 1.82) is 0 Å². The Morgan fingerprint density at radius 1 is 1.57 bits per heavy atom. The molecular weight excluding hydrogens is 182 g/mol. The van der Waals surface area contributed by atoms with Crippen molar-refractivity contribution >= 4 is 11.7 Å². The highest BCUT2D eigenvalue weighted by molar-refractivity contribution is 5.92. The van der Waals surface area contributed by atoms with Gasteiger partial charge in [0.15, 0.2) is 0 Å². The van der Waals surface area contributed by atoms with E-state index in [4.69, 9.17) is 10.5 Å². The van der Waals surface area contributed by atoms with Gasteiger partial charge in [0.05, 0.1) is 17.9 Å². The fraction of sp³-hybridized carbons (Fsp3) is 0.300. The maximum Gasteiger partial charge on any atom is 0.338 e. The van der Waals surface area contributed by atoms with Gasteiger partial charge in [0.1, 0.15) is 5.75 Å². The fourth-order valence-electron chi connectivity index (χ4n) is 1.15. The molecule has 1 aromatic carbocycles. The molecule has 0 heterocycles. The minimum absolute atomic E-state index is 0.0597. The van der Waals surface area contributed by atoms with Crippen LogP contribution in [0.5, 0.6) is 5.75 Å². The molecule has 0 aromatic heterocycles. The number of carbonyl (C=O) groups is 1. The molecule has 1 rings (SSSR count). The van der Waals surface area contributed by atoms with Crippen LogP contribution in [0.3, 0.4) is 0 Å². The van der Waals surface area contributed by atoms with Crippen LogP contribution in [0.4, 0.5) is 5.69 Å². The lowest BCUT2D eigenvalue weighted by Crippen LogP contribution is -2.07. The van der Waals surface area contributed by atoms with Gasteiger partial charge in [-0.15, -0.1) is 0 Å². The fourth-order valence-corrected chi connectivity index (χ4v) is 1.15. The first-order valence-corrected chi connectivity index (χ1v) is 4.33. The minimum Gasteiger partial charge on any atom is -0.505 e. The van der Waals surface area contributed by atoms with Gasteiger partial charge in [-0.1, -0.05) is 0 Å². The smallest absolute Gasteiger partial charge is 0.338 e. The van der Waals surface area contributed by atoms with Crippen LogP contribution in [-0.4, -0.2) is 17.7 Å². The van der Waals surface area contributed by atoms with E-state index >= 15 is 0 Å². The number of benzene rings is 1. The van der Waals surface area contributed by atoms with E-state index in [1.54, 1.807) is 19.9 Å². The summed E-state index contributed by atoms with van der Waals surface area (Å²) in [5.41, 5.74) is 6.51. The normalized spacial score (nSPS) is 9.86. The first-order chi connectivity index (χ1) is 6.57. The maximum absolute atomic E-state index is 11.4. The molecule has 0 spiro atoms. The first kappa shape index (κ1) is 10.4. The molecule has 0 amide bonds. The minimum atomic E-state index is -0.444. The van der Waals surface area contributed by atoms with Crippen molar-refractivity contribution < 1.29 is 14.6 Å². The molecule has 0 fully saturated rings. The molecule has 3 N–H and O–H groups in total. The highest BCUT2D eigenvalue weighted by atomic mass is 16.5. The monoisotopic (exact) mass is 195 g/mol. The summed E-state index contributed by atoms with van der Waals surface area (Å²) in [6, 6.07) is 3.02. The first-order valence-electron chi connectivity index (χ1n) is 4.33. The highest BCUT2D eigenvalue weighted by Gasteiger charge is 2.13. The summed E-state index contributed by atoms with van der Waals surface area (Å²) < 4.78 is 4.81. The molecular formula is C10H13NO3. The van der Waals surface area contributed by atoms with Gasteiger partial charge >= 0.3 is 5.97 Å². The third-order valence-electron chi connectivity index (χ3n) is 1.96. The zero-order valence-electron chi connectivity index (χ0n) is 8.20. The lowest BCUT2D eigenvalue weighted by atomic mass is 10.1. The quantitative estimate of drug-likeness (QED) is 0.425. The van der Waals surface area contributed by atoms with Crippen molar-refractivity contribution in [2.45, 2.75) is 13.8 Å².